The first-order valence-corrected chi connectivity index (χ1v) is 8.96. The number of pyridine rings is 1. The largest absolute Gasteiger partial charge is 0.507 e. The number of ketones is 1. The Morgan fingerprint density at radius 2 is 1.96 bits per heavy atom. The van der Waals surface area contributed by atoms with Crippen molar-refractivity contribution in [3.63, 3.8) is 0 Å². The summed E-state index contributed by atoms with van der Waals surface area (Å²) in [5, 5.41) is 18.2. The summed E-state index contributed by atoms with van der Waals surface area (Å²) in [6.07, 6.45) is 2.04. The molecule has 0 amide bonds. The van der Waals surface area contributed by atoms with Gasteiger partial charge in [-0.15, -0.1) is 0 Å². The number of phenolic OH excluding ortho intramolecular Hbond substituents is 1. The zero-order valence-electron chi connectivity index (χ0n) is 15.6. The number of para-hydroxylation sites is 1. The molecule has 6 nitrogen and oxygen atoms in total. The van der Waals surface area contributed by atoms with Gasteiger partial charge in [0.05, 0.1) is 18.4 Å². The molecular weight excluding hydrogens is 354 g/mol. The zero-order valence-corrected chi connectivity index (χ0v) is 15.6. The first-order chi connectivity index (χ1) is 13.6. The van der Waals surface area contributed by atoms with Gasteiger partial charge in [-0.2, -0.15) is 5.10 Å². The van der Waals surface area contributed by atoms with Crippen LogP contribution in [0.25, 0.3) is 33.4 Å². The molecule has 0 aliphatic heterocycles. The summed E-state index contributed by atoms with van der Waals surface area (Å²) in [6.45, 7) is 1.77. The molecule has 2 N–H and O–H groups in total. The molecule has 140 valence electrons. The second-order valence-corrected chi connectivity index (χ2v) is 6.40. The molecule has 2 aromatic carbocycles. The molecule has 0 spiro atoms. The van der Waals surface area contributed by atoms with Gasteiger partial charge in [-0.25, -0.2) is 4.98 Å². The van der Waals surface area contributed by atoms with Crippen LogP contribution in [0.5, 0.6) is 11.5 Å². The maximum absolute atomic E-state index is 12.1. The van der Waals surface area contributed by atoms with Gasteiger partial charge in [0.1, 0.15) is 11.5 Å². The van der Waals surface area contributed by atoms with Crippen LogP contribution in [0.2, 0.25) is 0 Å². The lowest BCUT2D eigenvalue weighted by molar-refractivity contribution is 0.0985. The molecule has 0 unspecified atom stereocenters. The first-order valence-electron chi connectivity index (χ1n) is 8.96. The van der Waals surface area contributed by atoms with E-state index in [0.29, 0.717) is 17.6 Å². The van der Waals surface area contributed by atoms with E-state index in [1.165, 1.54) is 0 Å². The molecule has 28 heavy (non-hydrogen) atoms. The highest BCUT2D eigenvalue weighted by Crippen LogP contribution is 2.35. The predicted molar refractivity (Wildman–Crippen MR) is 108 cm³/mol. The van der Waals surface area contributed by atoms with Crippen molar-refractivity contribution >= 4 is 16.8 Å². The maximum Gasteiger partial charge on any atom is 0.181 e. The predicted octanol–water partition coefficient (Wildman–Crippen LogP) is 4.60. The topological polar surface area (TPSA) is 88.1 Å². The van der Waals surface area contributed by atoms with E-state index in [1.54, 1.807) is 38.4 Å². The maximum atomic E-state index is 12.1. The van der Waals surface area contributed by atoms with Crippen LogP contribution in [0.3, 0.4) is 0 Å². The van der Waals surface area contributed by atoms with Gasteiger partial charge in [-0.05, 0) is 35.9 Å². The number of benzene rings is 2. The summed E-state index contributed by atoms with van der Waals surface area (Å²) < 4.78 is 5.47. The van der Waals surface area contributed by atoms with E-state index in [9.17, 15) is 9.90 Å². The lowest BCUT2D eigenvalue weighted by Crippen LogP contribution is -1.97. The average Bonchev–Trinajstić information content (AvgIpc) is 3.16. The van der Waals surface area contributed by atoms with Crippen molar-refractivity contribution in [1.82, 2.24) is 15.2 Å². The number of phenols is 1. The summed E-state index contributed by atoms with van der Waals surface area (Å²) in [4.78, 5) is 16.5. The molecule has 2 aromatic heterocycles. The van der Waals surface area contributed by atoms with E-state index in [-0.39, 0.29) is 11.5 Å². The number of ether oxygens (including phenoxy) is 1. The Kier molecular flexibility index (Phi) is 4.53. The summed E-state index contributed by atoms with van der Waals surface area (Å²) >= 11 is 0. The number of methoxy groups -OCH3 is 1. The van der Waals surface area contributed by atoms with Gasteiger partial charge >= 0.3 is 0 Å². The van der Waals surface area contributed by atoms with E-state index < -0.39 is 0 Å². The number of aromatic nitrogens is 3. The van der Waals surface area contributed by atoms with E-state index in [4.69, 9.17) is 4.74 Å². The van der Waals surface area contributed by atoms with Crippen molar-refractivity contribution in [3.05, 3.63) is 60.3 Å². The van der Waals surface area contributed by atoms with Gasteiger partial charge in [0.15, 0.2) is 11.4 Å². The summed E-state index contributed by atoms with van der Waals surface area (Å²) in [6, 6.07) is 14.7. The fraction of sp³-hybridized carbons (Fsp3) is 0.136. The van der Waals surface area contributed by atoms with Gasteiger partial charge in [-0.3, -0.25) is 9.89 Å². The van der Waals surface area contributed by atoms with Crippen LogP contribution in [0.4, 0.5) is 0 Å². The molecule has 0 radical (unpaired) electrons. The van der Waals surface area contributed by atoms with Crippen LogP contribution < -0.4 is 4.74 Å². The van der Waals surface area contributed by atoms with Gasteiger partial charge in [0.2, 0.25) is 0 Å². The number of Topliss-reactive ketones (excluding diaryl/α,β-unsaturated/α-hetero) is 1. The molecular formula is C22H19N3O3. The number of aromatic amines is 1. The number of nitrogens with one attached hydrogen (secondary N) is 1. The average molecular weight is 373 g/mol. The molecule has 0 bridgehead atoms. The summed E-state index contributed by atoms with van der Waals surface area (Å²) in [5.41, 5.74) is 4.24. The Hall–Kier alpha value is -3.67. The van der Waals surface area contributed by atoms with Crippen molar-refractivity contribution in [2.45, 2.75) is 13.3 Å². The highest BCUT2D eigenvalue weighted by atomic mass is 16.5. The molecule has 0 aliphatic carbocycles. The van der Waals surface area contributed by atoms with Crippen molar-refractivity contribution in [2.24, 2.45) is 0 Å². The lowest BCUT2D eigenvalue weighted by atomic mass is 9.99. The fourth-order valence-corrected chi connectivity index (χ4v) is 3.24. The lowest BCUT2D eigenvalue weighted by Gasteiger charge is -2.08. The van der Waals surface area contributed by atoms with Crippen molar-refractivity contribution < 1.29 is 14.6 Å². The highest BCUT2D eigenvalue weighted by molar-refractivity contribution is 6.00. The number of hydrogen-bond donors (Lipinski definition) is 2. The number of H-pyrrole nitrogens is 1. The molecule has 0 aliphatic rings. The van der Waals surface area contributed by atoms with Gasteiger partial charge < -0.3 is 9.84 Å². The molecule has 4 aromatic rings. The van der Waals surface area contributed by atoms with Crippen LogP contribution in [-0.4, -0.2) is 33.2 Å². The third kappa shape index (κ3) is 2.99. The van der Waals surface area contributed by atoms with Gasteiger partial charge in [0.25, 0.3) is 0 Å². The minimum Gasteiger partial charge on any atom is -0.507 e. The zero-order chi connectivity index (χ0) is 19.7. The normalized spacial score (nSPS) is 10.9. The van der Waals surface area contributed by atoms with Crippen molar-refractivity contribution in [2.75, 3.05) is 7.11 Å². The van der Waals surface area contributed by atoms with E-state index in [2.05, 4.69) is 15.2 Å². The monoisotopic (exact) mass is 373 g/mol. The number of carbonyl (C=O) groups is 1. The molecule has 4 rings (SSSR count). The Labute approximate surface area is 161 Å². The number of aromatic hydroxyl groups is 1. The Morgan fingerprint density at radius 1 is 1.14 bits per heavy atom. The third-order valence-corrected chi connectivity index (χ3v) is 4.74. The molecule has 0 saturated heterocycles. The quantitative estimate of drug-likeness (QED) is 0.499. The smallest absolute Gasteiger partial charge is 0.181 e. The Balaban J connectivity index is 1.86. The highest BCUT2D eigenvalue weighted by Gasteiger charge is 2.15. The molecule has 0 fully saturated rings. The molecule has 2 heterocycles. The summed E-state index contributed by atoms with van der Waals surface area (Å²) in [5.74, 6) is 0.619. The minimum atomic E-state index is -0.105. The van der Waals surface area contributed by atoms with Crippen LogP contribution in [0.15, 0.2) is 54.7 Å². The number of hydrogen-bond acceptors (Lipinski definition) is 5. The van der Waals surface area contributed by atoms with E-state index in [1.807, 2.05) is 30.3 Å². The van der Waals surface area contributed by atoms with Crippen LogP contribution in [0, 0.1) is 0 Å². The number of fused-ring (bicyclic) bond motifs is 1. The van der Waals surface area contributed by atoms with Crippen molar-refractivity contribution in [1.29, 1.82) is 0 Å². The fourth-order valence-electron chi connectivity index (χ4n) is 3.24. The first kappa shape index (κ1) is 17.7. The SMILES string of the molecule is CCC(=O)c1cc(-c2cnc3n[nH]c(-c4ccccc4OC)c3c2)ccc1O. The third-order valence-electron chi connectivity index (χ3n) is 4.74. The number of rotatable bonds is 5. The second-order valence-electron chi connectivity index (χ2n) is 6.40. The van der Waals surface area contributed by atoms with Crippen LogP contribution in [-0.2, 0) is 0 Å². The molecule has 0 saturated carbocycles. The van der Waals surface area contributed by atoms with E-state index >= 15 is 0 Å². The molecule has 0 atom stereocenters. The van der Waals surface area contributed by atoms with Crippen LogP contribution >= 0.6 is 0 Å². The Bertz CT molecular complexity index is 1180. The van der Waals surface area contributed by atoms with Crippen molar-refractivity contribution in [3.8, 4) is 33.9 Å². The molecule has 6 heteroatoms. The standard InChI is InChI=1S/C22H19N3O3/c1-3-18(26)16-10-13(8-9-19(16)27)14-11-17-21(24-25-22(17)23-12-14)15-6-4-5-7-20(15)28-2/h4-12,27H,3H2,1-2H3,(H,23,24,25). The Morgan fingerprint density at radius 3 is 2.75 bits per heavy atom. The summed E-state index contributed by atoms with van der Waals surface area (Å²) in [7, 11) is 1.63. The van der Waals surface area contributed by atoms with Crippen LogP contribution in [0.1, 0.15) is 23.7 Å². The van der Waals surface area contributed by atoms with Gasteiger partial charge in [0, 0.05) is 29.1 Å². The van der Waals surface area contributed by atoms with E-state index in [0.717, 1.165) is 33.5 Å². The number of carbonyl (C=O) groups excluding carboxylic acids is 1. The minimum absolute atomic E-state index is 0.0114. The van der Waals surface area contributed by atoms with Gasteiger partial charge in [-0.1, -0.05) is 25.1 Å². The second kappa shape index (κ2) is 7.15. The number of nitrogens with zero attached hydrogens (tertiary/aromatic N) is 2.